The number of halogens is 1. The van der Waals surface area contributed by atoms with E-state index in [4.69, 9.17) is 11.1 Å². The van der Waals surface area contributed by atoms with Crippen molar-refractivity contribution in [3.63, 3.8) is 0 Å². The zero-order valence-electron chi connectivity index (χ0n) is 14.4. The van der Waals surface area contributed by atoms with Crippen LogP contribution in [-0.2, 0) is 10.1 Å². The number of benzene rings is 2. The predicted molar refractivity (Wildman–Crippen MR) is 101 cm³/mol. The molecule has 0 unspecified atom stereocenters. The Morgan fingerprint density at radius 2 is 1.05 bits per heavy atom. The third-order valence-electron chi connectivity index (χ3n) is 5.46. The molecular weight excluding hydrogens is 304 g/mol. The molecule has 0 amide bonds. The summed E-state index contributed by atoms with van der Waals surface area (Å²) in [5.41, 5.74) is 2.70. The summed E-state index contributed by atoms with van der Waals surface area (Å²) in [6.07, 6.45) is 0. The summed E-state index contributed by atoms with van der Waals surface area (Å²) in [5, 5.41) is -0.0200. The molecule has 0 atom stereocenters. The Labute approximate surface area is 141 Å². The van der Waals surface area contributed by atoms with Gasteiger partial charge in [0.2, 0.25) is 0 Å². The molecule has 0 spiro atoms. The van der Waals surface area contributed by atoms with Gasteiger partial charge in [0.1, 0.15) is 0 Å². The van der Waals surface area contributed by atoms with Crippen LogP contribution in [0, 0.1) is 0 Å². The maximum absolute atomic E-state index is 7.51. The van der Waals surface area contributed by atoms with Crippen molar-refractivity contribution >= 4 is 18.5 Å². The molecule has 2 aromatic rings. The van der Waals surface area contributed by atoms with Gasteiger partial charge in [0.05, 0.1) is 0 Å². The van der Waals surface area contributed by atoms with Gasteiger partial charge in [0, 0.05) is 0 Å². The highest BCUT2D eigenvalue weighted by Gasteiger charge is 2.56. The number of hydrogen-bond donors (Lipinski definition) is 0. The van der Waals surface area contributed by atoms with Crippen LogP contribution in [0.4, 0.5) is 0 Å². The summed E-state index contributed by atoms with van der Waals surface area (Å²) in [5.74, 6) is 0. The first-order valence-corrected chi connectivity index (χ1v) is 11.3. The Morgan fingerprint density at radius 1 is 0.727 bits per heavy atom. The van der Waals surface area contributed by atoms with E-state index < -0.39 is 7.38 Å². The molecule has 2 rings (SSSR count). The molecule has 0 aliphatic rings. The average Bonchev–Trinajstić information content (AvgIpc) is 2.55. The van der Waals surface area contributed by atoms with Crippen molar-refractivity contribution < 1.29 is 0 Å². The van der Waals surface area contributed by atoms with Crippen molar-refractivity contribution in [3.8, 4) is 0 Å². The quantitative estimate of drug-likeness (QED) is 0.450. The van der Waals surface area contributed by atoms with Crippen LogP contribution in [-0.4, -0.2) is 7.38 Å². The fourth-order valence-electron chi connectivity index (χ4n) is 3.83. The van der Waals surface area contributed by atoms with Gasteiger partial charge in [-0.25, -0.2) is 0 Å². The Hall–Kier alpha value is -1.05. The molecule has 2 heteroatoms. The van der Waals surface area contributed by atoms with Crippen LogP contribution in [0.5, 0.6) is 0 Å². The lowest BCUT2D eigenvalue weighted by atomic mass is 10.0. The minimum atomic E-state index is -2.19. The third-order valence-corrected chi connectivity index (χ3v) is 14.6. The van der Waals surface area contributed by atoms with Gasteiger partial charge in [-0.1, -0.05) is 95.3 Å². The lowest BCUT2D eigenvalue weighted by Gasteiger charge is -2.50. The molecule has 0 aliphatic carbocycles. The van der Waals surface area contributed by atoms with Crippen molar-refractivity contribution in [2.45, 2.75) is 50.7 Å². The maximum Gasteiger partial charge on any atom is 0.175 e. The van der Waals surface area contributed by atoms with Crippen molar-refractivity contribution in [1.82, 2.24) is 0 Å². The van der Waals surface area contributed by atoms with Gasteiger partial charge in [-0.05, 0) is 27.2 Å². The fraction of sp³-hybridized carbons (Fsp3) is 0.400. The lowest BCUT2D eigenvalue weighted by molar-refractivity contribution is 0.622. The molecular formula is C20H27ClSi. The molecule has 0 heterocycles. The van der Waals surface area contributed by atoms with E-state index in [0.717, 1.165) is 6.04 Å². The maximum atomic E-state index is 7.51. The van der Waals surface area contributed by atoms with Crippen molar-refractivity contribution in [2.24, 2.45) is 0 Å². The standard InChI is InChI=1S/C20H27ClSi/c1-6-22(21,19(2,3)17-13-9-7-10-14-17)20(4,5)18-15-11-8-12-16-18/h7-16H,6H2,1-5H3. The van der Waals surface area contributed by atoms with Crippen LogP contribution in [0.2, 0.25) is 6.04 Å². The Morgan fingerprint density at radius 3 is 1.32 bits per heavy atom. The molecule has 0 nitrogen and oxygen atoms in total. The van der Waals surface area contributed by atoms with Crippen LogP contribution in [0.3, 0.4) is 0 Å². The summed E-state index contributed by atoms with van der Waals surface area (Å²) in [6, 6.07) is 22.6. The van der Waals surface area contributed by atoms with Crippen LogP contribution in [0.1, 0.15) is 45.7 Å². The van der Waals surface area contributed by atoms with E-state index in [9.17, 15) is 0 Å². The van der Waals surface area contributed by atoms with E-state index in [0.29, 0.717) is 0 Å². The SMILES string of the molecule is CC[Si](Cl)(C(C)(C)c1ccccc1)C(C)(C)c1ccccc1. The van der Waals surface area contributed by atoms with E-state index in [2.05, 4.69) is 95.3 Å². The van der Waals surface area contributed by atoms with E-state index in [1.807, 2.05) is 0 Å². The Bertz CT molecular complexity index is 551. The van der Waals surface area contributed by atoms with Crippen molar-refractivity contribution in [3.05, 3.63) is 71.8 Å². The molecule has 0 aliphatic heterocycles. The fourth-order valence-corrected chi connectivity index (χ4v) is 9.07. The Kier molecular flexibility index (Phi) is 4.89. The predicted octanol–water partition coefficient (Wildman–Crippen LogP) is 6.22. The highest BCUT2D eigenvalue weighted by molar-refractivity contribution is 7.23. The van der Waals surface area contributed by atoms with E-state index in [-0.39, 0.29) is 10.1 Å². The largest absolute Gasteiger partial charge is 0.175 e. The monoisotopic (exact) mass is 330 g/mol. The molecule has 0 saturated carbocycles. The molecule has 0 radical (unpaired) electrons. The first kappa shape index (κ1) is 17.3. The zero-order chi connectivity index (χ0) is 16.4. The third kappa shape index (κ3) is 2.65. The van der Waals surface area contributed by atoms with Gasteiger partial charge in [-0.2, -0.15) is 11.1 Å². The highest BCUT2D eigenvalue weighted by atomic mass is 35.6. The summed E-state index contributed by atoms with van der Waals surface area (Å²) >= 11 is 7.51. The van der Waals surface area contributed by atoms with Crippen LogP contribution < -0.4 is 0 Å². The number of rotatable bonds is 5. The molecule has 0 N–H and O–H groups in total. The molecule has 0 aromatic heterocycles. The van der Waals surface area contributed by atoms with Gasteiger partial charge >= 0.3 is 0 Å². The van der Waals surface area contributed by atoms with Crippen LogP contribution >= 0.6 is 11.1 Å². The molecule has 0 saturated heterocycles. The number of hydrogen-bond acceptors (Lipinski definition) is 0. The van der Waals surface area contributed by atoms with Crippen LogP contribution in [0.15, 0.2) is 60.7 Å². The minimum Gasteiger partial charge on any atom is -0.165 e. The van der Waals surface area contributed by atoms with Gasteiger partial charge in [0.15, 0.2) is 7.38 Å². The van der Waals surface area contributed by atoms with Crippen molar-refractivity contribution in [2.75, 3.05) is 0 Å². The summed E-state index contributed by atoms with van der Waals surface area (Å²) in [4.78, 5) is 0. The molecule has 0 fully saturated rings. The second-order valence-electron chi connectivity index (χ2n) is 7.14. The summed E-state index contributed by atoms with van der Waals surface area (Å²) < 4.78 is 0. The van der Waals surface area contributed by atoms with Gasteiger partial charge < -0.3 is 0 Å². The minimum absolute atomic E-state index is 0.0100. The van der Waals surface area contributed by atoms with E-state index in [1.165, 1.54) is 11.1 Å². The second-order valence-corrected chi connectivity index (χ2v) is 13.9. The summed E-state index contributed by atoms with van der Waals surface area (Å²) in [7, 11) is -2.19. The first-order chi connectivity index (χ1) is 10.3. The molecule has 0 bridgehead atoms. The lowest BCUT2D eigenvalue weighted by Crippen LogP contribution is -2.60. The average molecular weight is 331 g/mol. The molecule has 118 valence electrons. The van der Waals surface area contributed by atoms with Gasteiger partial charge in [-0.3, -0.25) is 0 Å². The second kappa shape index (κ2) is 6.21. The molecule has 2 aromatic carbocycles. The summed E-state index contributed by atoms with van der Waals surface area (Å²) in [6.45, 7) is 11.6. The van der Waals surface area contributed by atoms with E-state index in [1.54, 1.807) is 0 Å². The van der Waals surface area contributed by atoms with Gasteiger partial charge in [0.25, 0.3) is 0 Å². The van der Waals surface area contributed by atoms with Crippen LogP contribution in [0.25, 0.3) is 0 Å². The smallest absolute Gasteiger partial charge is 0.165 e. The van der Waals surface area contributed by atoms with Crippen molar-refractivity contribution in [1.29, 1.82) is 0 Å². The Balaban J connectivity index is 2.57. The molecule has 22 heavy (non-hydrogen) atoms. The van der Waals surface area contributed by atoms with Gasteiger partial charge in [-0.15, -0.1) is 0 Å². The topological polar surface area (TPSA) is 0 Å². The highest BCUT2D eigenvalue weighted by Crippen LogP contribution is 2.50. The normalized spacial score (nSPS) is 13.2. The van der Waals surface area contributed by atoms with E-state index >= 15 is 0 Å². The first-order valence-electron chi connectivity index (χ1n) is 8.07. The zero-order valence-corrected chi connectivity index (χ0v) is 16.1.